The number of hydrogen-bond acceptors (Lipinski definition) is 6. The van der Waals surface area contributed by atoms with Gasteiger partial charge in [-0.05, 0) is 30.7 Å². The molecule has 0 spiro atoms. The third kappa shape index (κ3) is 6.69. The summed E-state index contributed by atoms with van der Waals surface area (Å²) >= 11 is 0. The Morgan fingerprint density at radius 2 is 1.74 bits per heavy atom. The molecule has 0 atom stereocenters. The van der Waals surface area contributed by atoms with Crippen LogP contribution in [0.25, 0.3) is 6.08 Å². The fourth-order valence-electron chi connectivity index (χ4n) is 2.55. The molecule has 0 unspecified atom stereocenters. The maximum atomic E-state index is 12.1. The molecule has 1 fully saturated rings. The molecule has 1 amide bonds. The van der Waals surface area contributed by atoms with Crippen molar-refractivity contribution in [2.45, 2.75) is 6.92 Å². The molecule has 0 saturated carbocycles. The number of carbonyl (C=O) groups excluding carboxylic acids is 2. The molecule has 0 aliphatic carbocycles. The van der Waals surface area contributed by atoms with E-state index in [1.54, 1.807) is 30.3 Å². The number of nitrogens with zero attached hydrogens (tertiary/aromatic N) is 2. The standard InChI is InChI=1S/C18H24N2O6S/c1-3-25-16-7-4-15(5-8-16)6-9-18(22)26-14-17(21)19-10-12-20(13-11-19)27(2,23)24/h4-9H,3,10-14H2,1-2H3. The molecule has 1 heterocycles. The Bertz CT molecular complexity index is 781. The third-order valence-corrected chi connectivity index (χ3v) is 5.30. The van der Waals surface area contributed by atoms with E-state index in [1.807, 2.05) is 6.92 Å². The number of sulfonamides is 1. The van der Waals surface area contributed by atoms with Crippen molar-refractivity contribution < 1.29 is 27.5 Å². The average Bonchev–Trinajstić information content (AvgIpc) is 2.65. The zero-order chi connectivity index (χ0) is 19.9. The van der Waals surface area contributed by atoms with Crippen LogP contribution >= 0.6 is 0 Å². The van der Waals surface area contributed by atoms with Gasteiger partial charge in [0.05, 0.1) is 12.9 Å². The van der Waals surface area contributed by atoms with E-state index in [0.717, 1.165) is 17.6 Å². The third-order valence-electron chi connectivity index (χ3n) is 4.00. The van der Waals surface area contributed by atoms with E-state index in [2.05, 4.69) is 0 Å². The number of hydrogen-bond donors (Lipinski definition) is 0. The lowest BCUT2D eigenvalue weighted by atomic mass is 10.2. The smallest absolute Gasteiger partial charge is 0.331 e. The highest BCUT2D eigenvalue weighted by Gasteiger charge is 2.26. The van der Waals surface area contributed by atoms with Gasteiger partial charge in [-0.15, -0.1) is 0 Å². The summed E-state index contributed by atoms with van der Waals surface area (Å²) in [5.41, 5.74) is 0.804. The van der Waals surface area contributed by atoms with Gasteiger partial charge in [-0.3, -0.25) is 4.79 Å². The van der Waals surface area contributed by atoms with E-state index < -0.39 is 16.0 Å². The number of benzene rings is 1. The zero-order valence-corrected chi connectivity index (χ0v) is 16.3. The summed E-state index contributed by atoms with van der Waals surface area (Å²) in [5, 5.41) is 0. The fraction of sp³-hybridized carbons (Fsp3) is 0.444. The highest BCUT2D eigenvalue weighted by atomic mass is 32.2. The second-order valence-corrected chi connectivity index (χ2v) is 7.97. The molecular formula is C18H24N2O6S. The van der Waals surface area contributed by atoms with Gasteiger partial charge < -0.3 is 14.4 Å². The Balaban J connectivity index is 1.75. The van der Waals surface area contributed by atoms with E-state index in [0.29, 0.717) is 6.61 Å². The fourth-order valence-corrected chi connectivity index (χ4v) is 3.37. The van der Waals surface area contributed by atoms with Gasteiger partial charge in [0.25, 0.3) is 5.91 Å². The van der Waals surface area contributed by atoms with Crippen molar-refractivity contribution in [1.82, 2.24) is 9.21 Å². The van der Waals surface area contributed by atoms with Crippen molar-refractivity contribution in [1.29, 1.82) is 0 Å². The van der Waals surface area contributed by atoms with Gasteiger partial charge in [0.1, 0.15) is 5.75 Å². The summed E-state index contributed by atoms with van der Waals surface area (Å²) in [6.45, 7) is 3.17. The molecule has 8 nitrogen and oxygen atoms in total. The van der Waals surface area contributed by atoms with Crippen LogP contribution < -0.4 is 4.74 Å². The van der Waals surface area contributed by atoms with E-state index in [4.69, 9.17) is 9.47 Å². The van der Waals surface area contributed by atoms with Crippen LogP contribution in [0.1, 0.15) is 12.5 Å². The van der Waals surface area contributed by atoms with Crippen molar-refractivity contribution in [2.24, 2.45) is 0 Å². The van der Waals surface area contributed by atoms with Crippen molar-refractivity contribution in [3.05, 3.63) is 35.9 Å². The molecule has 0 radical (unpaired) electrons. The summed E-state index contributed by atoms with van der Waals surface area (Å²) in [6, 6.07) is 7.21. The second-order valence-electron chi connectivity index (χ2n) is 5.99. The van der Waals surface area contributed by atoms with Gasteiger partial charge in [0.15, 0.2) is 6.61 Å². The molecule has 9 heteroatoms. The van der Waals surface area contributed by atoms with Crippen molar-refractivity contribution >= 4 is 28.0 Å². The minimum atomic E-state index is -3.25. The van der Waals surface area contributed by atoms with Gasteiger partial charge in [-0.25, -0.2) is 13.2 Å². The molecule has 148 valence electrons. The lowest BCUT2D eigenvalue weighted by Crippen LogP contribution is -2.51. The molecule has 0 N–H and O–H groups in total. The Morgan fingerprint density at radius 1 is 1.11 bits per heavy atom. The molecule has 27 heavy (non-hydrogen) atoms. The Morgan fingerprint density at radius 3 is 2.30 bits per heavy atom. The number of amides is 1. The highest BCUT2D eigenvalue weighted by molar-refractivity contribution is 7.88. The molecule has 1 aliphatic heterocycles. The summed E-state index contributed by atoms with van der Waals surface area (Å²) in [4.78, 5) is 25.3. The summed E-state index contributed by atoms with van der Waals surface area (Å²) < 4.78 is 34.5. The zero-order valence-electron chi connectivity index (χ0n) is 15.5. The molecule has 1 saturated heterocycles. The normalized spacial score (nSPS) is 15.7. The average molecular weight is 396 g/mol. The van der Waals surface area contributed by atoms with Crippen molar-refractivity contribution in [3.8, 4) is 5.75 Å². The Kier molecular flexibility index (Phi) is 7.37. The number of carbonyl (C=O) groups is 2. The van der Waals surface area contributed by atoms with Crippen molar-refractivity contribution in [3.63, 3.8) is 0 Å². The molecule has 0 aromatic heterocycles. The van der Waals surface area contributed by atoms with Crippen LogP contribution in [0.15, 0.2) is 30.3 Å². The molecule has 1 aromatic carbocycles. The van der Waals surface area contributed by atoms with E-state index >= 15 is 0 Å². The Labute approximate surface area is 159 Å². The van der Waals surface area contributed by atoms with Gasteiger partial charge in [0.2, 0.25) is 10.0 Å². The van der Waals surface area contributed by atoms with E-state index in [1.165, 1.54) is 15.3 Å². The maximum absolute atomic E-state index is 12.1. The van der Waals surface area contributed by atoms with Crippen LogP contribution in [0, 0.1) is 0 Å². The lowest BCUT2D eigenvalue weighted by Gasteiger charge is -2.33. The predicted octanol–water partition coefficient (Wildman–Crippen LogP) is 0.746. The highest BCUT2D eigenvalue weighted by Crippen LogP contribution is 2.13. The minimum absolute atomic E-state index is 0.246. The van der Waals surface area contributed by atoms with Gasteiger partial charge >= 0.3 is 5.97 Å². The van der Waals surface area contributed by atoms with Gasteiger partial charge in [-0.2, -0.15) is 4.31 Å². The van der Waals surface area contributed by atoms with Crippen LogP contribution in [0.2, 0.25) is 0 Å². The summed E-state index contributed by atoms with van der Waals surface area (Å²) in [5.74, 6) is -0.211. The topological polar surface area (TPSA) is 93.2 Å². The molecule has 1 aromatic rings. The van der Waals surface area contributed by atoms with Gasteiger partial charge in [-0.1, -0.05) is 12.1 Å². The van der Waals surface area contributed by atoms with Crippen LogP contribution in [0.5, 0.6) is 5.75 Å². The first-order valence-electron chi connectivity index (χ1n) is 8.60. The first kappa shape index (κ1) is 20.9. The molecular weight excluding hydrogens is 372 g/mol. The lowest BCUT2D eigenvalue weighted by molar-refractivity contribution is -0.148. The summed E-state index contributed by atoms with van der Waals surface area (Å²) in [6.07, 6.45) is 3.99. The largest absolute Gasteiger partial charge is 0.494 e. The Hall–Kier alpha value is -2.39. The van der Waals surface area contributed by atoms with Crippen LogP contribution in [-0.2, 0) is 24.3 Å². The number of ether oxygens (including phenoxy) is 2. The SMILES string of the molecule is CCOc1ccc(C=CC(=O)OCC(=O)N2CCN(S(C)(=O)=O)CC2)cc1. The van der Waals surface area contributed by atoms with Crippen molar-refractivity contribution in [2.75, 3.05) is 45.6 Å². The minimum Gasteiger partial charge on any atom is -0.494 e. The second kappa shape index (κ2) is 9.52. The van der Waals surface area contributed by atoms with Crippen LogP contribution in [-0.4, -0.2) is 75.1 Å². The first-order valence-corrected chi connectivity index (χ1v) is 10.4. The molecule has 1 aliphatic rings. The quantitative estimate of drug-likeness (QED) is 0.499. The van der Waals surface area contributed by atoms with E-state index in [-0.39, 0.29) is 38.7 Å². The number of esters is 1. The predicted molar refractivity (Wildman–Crippen MR) is 101 cm³/mol. The van der Waals surface area contributed by atoms with E-state index in [9.17, 15) is 18.0 Å². The monoisotopic (exact) mass is 396 g/mol. The number of piperazine rings is 1. The maximum Gasteiger partial charge on any atom is 0.331 e. The number of rotatable bonds is 7. The molecule has 0 bridgehead atoms. The van der Waals surface area contributed by atoms with Crippen LogP contribution in [0.3, 0.4) is 0 Å². The molecule has 2 rings (SSSR count). The summed E-state index contributed by atoms with van der Waals surface area (Å²) in [7, 11) is -3.25. The van der Waals surface area contributed by atoms with Crippen LogP contribution in [0.4, 0.5) is 0 Å². The first-order chi connectivity index (χ1) is 12.8. The van der Waals surface area contributed by atoms with Gasteiger partial charge in [0, 0.05) is 32.3 Å².